The molecule has 3 heteroatoms. The lowest BCUT2D eigenvalue weighted by Gasteiger charge is -2.03. The van der Waals surface area contributed by atoms with E-state index in [0.29, 0.717) is 18.0 Å². The van der Waals surface area contributed by atoms with E-state index in [4.69, 9.17) is 16.6 Å². The van der Waals surface area contributed by atoms with Gasteiger partial charge in [0.15, 0.2) is 0 Å². The summed E-state index contributed by atoms with van der Waals surface area (Å²) >= 11 is 0. The van der Waals surface area contributed by atoms with E-state index in [-0.39, 0.29) is 0 Å². The summed E-state index contributed by atoms with van der Waals surface area (Å²) in [6, 6.07) is 15.7. The summed E-state index contributed by atoms with van der Waals surface area (Å²) in [6.07, 6.45) is 4.87. The first kappa shape index (κ1) is 15.8. The molecule has 0 aliphatic heterocycles. The zero-order valence-electron chi connectivity index (χ0n) is 11.8. The molecule has 0 amide bonds. The van der Waals surface area contributed by atoms with Crippen LogP contribution in [-0.4, -0.2) is 11.7 Å². The maximum atomic E-state index is 7.88. The molecule has 2 aromatic rings. The van der Waals surface area contributed by atoms with Crippen LogP contribution in [0.15, 0.2) is 48.5 Å². The fourth-order valence-electron chi connectivity index (χ4n) is 1.50. The largest absolute Gasteiger partial charge is 0.397 e. The smallest absolute Gasteiger partial charge is 0.0621 e. The van der Waals surface area contributed by atoms with Crippen LogP contribution >= 0.6 is 0 Å². The highest BCUT2D eigenvalue weighted by atomic mass is 16.2. The molecule has 2 rings (SSSR count). The number of aliphatic hydroxyl groups excluding tert-OH is 1. The lowest BCUT2D eigenvalue weighted by atomic mass is 10.1. The number of hydrogen-bond donors (Lipinski definition) is 3. The van der Waals surface area contributed by atoms with Crippen LogP contribution in [0.1, 0.15) is 24.5 Å². The van der Waals surface area contributed by atoms with E-state index in [9.17, 15) is 0 Å². The minimum atomic E-state index is 0.319. The van der Waals surface area contributed by atoms with Crippen molar-refractivity contribution in [3.8, 4) is 0 Å². The van der Waals surface area contributed by atoms with Crippen LogP contribution in [0.4, 0.5) is 11.4 Å². The Balaban J connectivity index is 0.000000444. The Labute approximate surface area is 120 Å². The van der Waals surface area contributed by atoms with Crippen molar-refractivity contribution in [1.82, 2.24) is 0 Å². The maximum Gasteiger partial charge on any atom is 0.0621 e. The topological polar surface area (TPSA) is 72.3 Å². The highest BCUT2D eigenvalue weighted by Crippen LogP contribution is 2.21. The van der Waals surface area contributed by atoms with E-state index < -0.39 is 0 Å². The Kier molecular flexibility index (Phi) is 6.93. The van der Waals surface area contributed by atoms with E-state index in [2.05, 4.69) is 0 Å². The molecule has 106 valence electrons. The fraction of sp³-hybridized carbons (Fsp3) is 0.176. The minimum absolute atomic E-state index is 0.319. The van der Waals surface area contributed by atoms with E-state index in [0.717, 1.165) is 17.5 Å². The van der Waals surface area contributed by atoms with Crippen molar-refractivity contribution in [2.75, 3.05) is 18.1 Å². The number of anilines is 2. The first-order valence-electron chi connectivity index (χ1n) is 6.67. The molecular weight excluding hydrogens is 248 g/mol. The summed E-state index contributed by atoms with van der Waals surface area (Å²) < 4.78 is 0. The summed E-state index contributed by atoms with van der Waals surface area (Å²) in [5, 5.41) is 7.88. The van der Waals surface area contributed by atoms with Gasteiger partial charge in [-0.2, -0.15) is 0 Å². The molecule has 0 spiro atoms. The van der Waals surface area contributed by atoms with Crippen molar-refractivity contribution < 1.29 is 5.11 Å². The maximum absolute atomic E-state index is 7.88. The number of benzene rings is 2. The number of rotatable bonds is 3. The number of para-hydroxylation sites is 1. The van der Waals surface area contributed by atoms with Crippen LogP contribution < -0.4 is 11.5 Å². The van der Waals surface area contributed by atoms with Crippen LogP contribution in [0.25, 0.3) is 12.2 Å². The van der Waals surface area contributed by atoms with Gasteiger partial charge in [-0.1, -0.05) is 61.5 Å². The van der Waals surface area contributed by atoms with E-state index in [1.165, 1.54) is 0 Å². The lowest BCUT2D eigenvalue weighted by molar-refractivity contribution is 0.295. The molecule has 0 radical (unpaired) electrons. The molecule has 2 aromatic carbocycles. The van der Waals surface area contributed by atoms with E-state index in [1.54, 1.807) is 6.07 Å². The van der Waals surface area contributed by atoms with Crippen molar-refractivity contribution in [3.63, 3.8) is 0 Å². The van der Waals surface area contributed by atoms with Gasteiger partial charge in [0.05, 0.1) is 11.4 Å². The van der Waals surface area contributed by atoms with Crippen LogP contribution in [0.2, 0.25) is 0 Å². The Bertz CT molecular complexity index is 534. The summed E-state index contributed by atoms with van der Waals surface area (Å²) in [7, 11) is 0. The van der Waals surface area contributed by atoms with Crippen molar-refractivity contribution in [2.24, 2.45) is 0 Å². The van der Waals surface area contributed by atoms with Gasteiger partial charge in [-0.3, -0.25) is 0 Å². The Morgan fingerprint density at radius 3 is 2.20 bits per heavy atom. The van der Waals surface area contributed by atoms with Crippen LogP contribution in [-0.2, 0) is 0 Å². The molecule has 0 saturated carbocycles. The van der Waals surface area contributed by atoms with Crippen LogP contribution in [0.5, 0.6) is 0 Å². The fourth-order valence-corrected chi connectivity index (χ4v) is 1.50. The molecular formula is C17H22N2O. The normalized spacial score (nSPS) is 10.1. The van der Waals surface area contributed by atoms with Gasteiger partial charge in [-0.15, -0.1) is 0 Å². The summed E-state index contributed by atoms with van der Waals surface area (Å²) in [5.74, 6) is 0. The number of nitrogen functional groups attached to an aromatic ring is 2. The van der Waals surface area contributed by atoms with Gasteiger partial charge in [0, 0.05) is 6.61 Å². The monoisotopic (exact) mass is 270 g/mol. The molecule has 20 heavy (non-hydrogen) atoms. The molecule has 0 aromatic heterocycles. The first-order chi connectivity index (χ1) is 9.69. The van der Waals surface area contributed by atoms with Crippen LogP contribution in [0.3, 0.4) is 0 Å². The Morgan fingerprint density at radius 2 is 1.60 bits per heavy atom. The third-order valence-electron chi connectivity index (χ3n) is 2.65. The SMILES string of the molecule is CCCO.Nc1cccc(C=Cc2ccccc2)c1N. The standard InChI is InChI=1S/C14H14N2.C3H8O/c15-13-8-4-7-12(14(13)16)10-9-11-5-2-1-3-6-11;1-2-3-4/h1-10H,15-16H2;4H,2-3H2,1H3. The second-order valence-electron chi connectivity index (χ2n) is 4.32. The molecule has 0 fully saturated rings. The quantitative estimate of drug-likeness (QED) is 0.591. The zero-order chi connectivity index (χ0) is 14.8. The van der Waals surface area contributed by atoms with Gasteiger partial charge < -0.3 is 16.6 Å². The molecule has 0 bridgehead atoms. The Morgan fingerprint density at radius 1 is 0.950 bits per heavy atom. The van der Waals surface area contributed by atoms with Gasteiger partial charge in [-0.05, 0) is 23.6 Å². The molecule has 0 heterocycles. The average Bonchev–Trinajstić information content (AvgIpc) is 2.50. The summed E-state index contributed by atoms with van der Waals surface area (Å²) in [5.41, 5.74) is 14.9. The molecule has 0 aliphatic rings. The van der Waals surface area contributed by atoms with Crippen molar-refractivity contribution in [2.45, 2.75) is 13.3 Å². The highest BCUT2D eigenvalue weighted by Gasteiger charge is 1.97. The highest BCUT2D eigenvalue weighted by molar-refractivity contribution is 5.81. The van der Waals surface area contributed by atoms with E-state index >= 15 is 0 Å². The van der Waals surface area contributed by atoms with Crippen molar-refractivity contribution >= 4 is 23.5 Å². The van der Waals surface area contributed by atoms with Gasteiger partial charge in [0.2, 0.25) is 0 Å². The van der Waals surface area contributed by atoms with Gasteiger partial charge in [0.1, 0.15) is 0 Å². The third kappa shape index (κ3) is 5.16. The van der Waals surface area contributed by atoms with Crippen molar-refractivity contribution in [3.05, 3.63) is 59.7 Å². The minimum Gasteiger partial charge on any atom is -0.397 e. The predicted octanol–water partition coefficient (Wildman–Crippen LogP) is 3.41. The van der Waals surface area contributed by atoms with Crippen molar-refractivity contribution in [1.29, 1.82) is 0 Å². The second kappa shape index (κ2) is 8.77. The molecule has 3 nitrogen and oxygen atoms in total. The third-order valence-corrected chi connectivity index (χ3v) is 2.65. The lowest BCUT2D eigenvalue weighted by Crippen LogP contribution is -1.96. The number of hydrogen-bond acceptors (Lipinski definition) is 3. The second-order valence-corrected chi connectivity index (χ2v) is 4.32. The average molecular weight is 270 g/mol. The van der Waals surface area contributed by atoms with E-state index in [1.807, 2.05) is 61.5 Å². The summed E-state index contributed by atoms with van der Waals surface area (Å²) in [4.78, 5) is 0. The first-order valence-corrected chi connectivity index (χ1v) is 6.67. The van der Waals surface area contributed by atoms with Crippen LogP contribution in [0, 0.1) is 0 Å². The van der Waals surface area contributed by atoms with Gasteiger partial charge in [0.25, 0.3) is 0 Å². The molecule has 0 atom stereocenters. The summed E-state index contributed by atoms with van der Waals surface area (Å²) in [6.45, 7) is 2.25. The molecule has 5 N–H and O–H groups in total. The van der Waals surface area contributed by atoms with Gasteiger partial charge in [-0.25, -0.2) is 0 Å². The van der Waals surface area contributed by atoms with Gasteiger partial charge >= 0.3 is 0 Å². The Hall–Kier alpha value is -2.26. The molecule has 0 unspecified atom stereocenters. The molecule has 0 aliphatic carbocycles. The zero-order valence-corrected chi connectivity index (χ0v) is 11.8. The predicted molar refractivity (Wildman–Crippen MR) is 88.0 cm³/mol. The number of aliphatic hydroxyl groups is 1. The number of nitrogens with two attached hydrogens (primary N) is 2. The molecule has 0 saturated heterocycles.